The Morgan fingerprint density at radius 2 is 2.00 bits per heavy atom. The molecule has 0 saturated carbocycles. The van der Waals surface area contributed by atoms with E-state index in [1.165, 1.54) is 7.11 Å². The highest BCUT2D eigenvalue weighted by Gasteiger charge is 2.14. The number of nitrogens with one attached hydrogen (secondary N) is 1. The number of hydrogen-bond donors (Lipinski definition) is 2. The van der Waals surface area contributed by atoms with Gasteiger partial charge in [-0.15, -0.1) is 0 Å². The van der Waals surface area contributed by atoms with E-state index in [-0.39, 0.29) is 12.1 Å². The third-order valence-electron chi connectivity index (χ3n) is 2.91. The van der Waals surface area contributed by atoms with Crippen LogP contribution in [-0.2, 0) is 9.53 Å². The molecule has 0 heterocycles. The normalized spacial score (nSPS) is 12.8. The van der Waals surface area contributed by atoms with Crippen LogP contribution >= 0.6 is 0 Å². The van der Waals surface area contributed by atoms with E-state index in [0.717, 1.165) is 25.8 Å². The van der Waals surface area contributed by atoms with Crippen LogP contribution in [0.1, 0.15) is 39.5 Å². The summed E-state index contributed by atoms with van der Waals surface area (Å²) < 4.78 is 4.53. The van der Waals surface area contributed by atoms with Crippen LogP contribution in [-0.4, -0.2) is 37.4 Å². The van der Waals surface area contributed by atoms with E-state index in [4.69, 9.17) is 0 Å². The Kier molecular flexibility index (Phi) is 9.24. The van der Waals surface area contributed by atoms with Gasteiger partial charge in [0.1, 0.15) is 0 Å². The van der Waals surface area contributed by atoms with Gasteiger partial charge in [-0.05, 0) is 18.9 Å². The Hall–Kier alpha value is -0.610. The summed E-state index contributed by atoms with van der Waals surface area (Å²) in [4.78, 5) is 10.8. The number of esters is 1. The largest absolute Gasteiger partial charge is 0.469 e. The Balaban J connectivity index is 3.47. The number of carbonyl (C=O) groups is 1. The number of rotatable bonds is 9. The lowest BCUT2D eigenvalue weighted by Crippen LogP contribution is -2.33. The molecule has 0 saturated heterocycles. The van der Waals surface area contributed by atoms with Crippen molar-refractivity contribution < 1.29 is 14.6 Å². The molecule has 16 heavy (non-hydrogen) atoms. The van der Waals surface area contributed by atoms with Crippen LogP contribution in [0, 0.1) is 5.92 Å². The smallest absolute Gasteiger partial charge is 0.305 e. The van der Waals surface area contributed by atoms with Crippen molar-refractivity contribution in [1.29, 1.82) is 0 Å². The lowest BCUT2D eigenvalue weighted by Gasteiger charge is -2.20. The maximum absolute atomic E-state index is 10.8. The molecule has 0 aliphatic carbocycles. The van der Waals surface area contributed by atoms with E-state index in [9.17, 15) is 9.90 Å². The average Bonchev–Trinajstić information content (AvgIpc) is 2.29. The van der Waals surface area contributed by atoms with Crippen LogP contribution in [0.5, 0.6) is 0 Å². The van der Waals surface area contributed by atoms with Crippen molar-refractivity contribution in [3.63, 3.8) is 0 Å². The van der Waals surface area contributed by atoms with Gasteiger partial charge in [0.05, 0.1) is 13.2 Å². The van der Waals surface area contributed by atoms with E-state index in [0.29, 0.717) is 18.9 Å². The number of carbonyl (C=O) groups excluding carboxylic acids is 1. The van der Waals surface area contributed by atoms with E-state index in [1.807, 2.05) is 0 Å². The summed E-state index contributed by atoms with van der Waals surface area (Å²) in [7, 11) is 1.40. The zero-order valence-electron chi connectivity index (χ0n) is 10.7. The molecular weight excluding hydrogens is 206 g/mol. The molecule has 0 aromatic rings. The minimum Gasteiger partial charge on any atom is -0.469 e. The topological polar surface area (TPSA) is 58.6 Å². The molecule has 0 aromatic carbocycles. The fraction of sp³-hybridized carbons (Fsp3) is 0.917. The van der Waals surface area contributed by atoms with Gasteiger partial charge < -0.3 is 15.2 Å². The predicted octanol–water partition coefficient (Wildman–Crippen LogP) is 1.33. The zero-order chi connectivity index (χ0) is 12.4. The van der Waals surface area contributed by atoms with Gasteiger partial charge in [-0.25, -0.2) is 0 Å². The van der Waals surface area contributed by atoms with Crippen LogP contribution in [0.2, 0.25) is 0 Å². The van der Waals surface area contributed by atoms with Gasteiger partial charge in [0, 0.05) is 13.0 Å². The number of aliphatic hydroxyl groups excluding tert-OH is 1. The van der Waals surface area contributed by atoms with Crippen molar-refractivity contribution in [3.05, 3.63) is 0 Å². The monoisotopic (exact) mass is 231 g/mol. The van der Waals surface area contributed by atoms with Crippen molar-refractivity contribution in [3.8, 4) is 0 Å². The third kappa shape index (κ3) is 6.80. The van der Waals surface area contributed by atoms with Gasteiger partial charge in [0.15, 0.2) is 0 Å². The summed E-state index contributed by atoms with van der Waals surface area (Å²) in [6.45, 7) is 5.53. The lowest BCUT2D eigenvalue weighted by atomic mass is 9.96. The van der Waals surface area contributed by atoms with Crippen molar-refractivity contribution in [1.82, 2.24) is 5.32 Å². The summed E-state index contributed by atoms with van der Waals surface area (Å²) in [5.41, 5.74) is 0. The molecule has 0 aromatic heterocycles. The second-order valence-corrected chi connectivity index (χ2v) is 4.03. The standard InChI is InChI=1S/C12H25NO3/c1-4-10(5-2)11(14)9-13-8-6-7-12(15)16-3/h10-11,13-14H,4-9H2,1-3H3. The van der Waals surface area contributed by atoms with E-state index < -0.39 is 0 Å². The lowest BCUT2D eigenvalue weighted by molar-refractivity contribution is -0.140. The highest BCUT2D eigenvalue weighted by Crippen LogP contribution is 2.12. The molecule has 0 spiro atoms. The number of methoxy groups -OCH3 is 1. The molecule has 4 nitrogen and oxygen atoms in total. The van der Waals surface area contributed by atoms with Crippen LogP contribution in [0.3, 0.4) is 0 Å². The first kappa shape index (κ1) is 15.4. The molecular formula is C12H25NO3. The first-order valence-corrected chi connectivity index (χ1v) is 6.11. The molecule has 2 N–H and O–H groups in total. The van der Waals surface area contributed by atoms with Crippen LogP contribution in [0.25, 0.3) is 0 Å². The van der Waals surface area contributed by atoms with Gasteiger partial charge in [0.2, 0.25) is 0 Å². The Morgan fingerprint density at radius 1 is 1.38 bits per heavy atom. The molecule has 0 rings (SSSR count). The fourth-order valence-electron chi connectivity index (χ4n) is 1.71. The number of ether oxygens (including phenoxy) is 1. The summed E-state index contributed by atoms with van der Waals surface area (Å²) in [6.07, 6.45) is 2.91. The van der Waals surface area contributed by atoms with Crippen LogP contribution in [0.15, 0.2) is 0 Å². The first-order chi connectivity index (χ1) is 7.65. The molecule has 0 amide bonds. The molecule has 0 radical (unpaired) electrons. The van der Waals surface area contributed by atoms with Crippen molar-refractivity contribution in [2.75, 3.05) is 20.2 Å². The SMILES string of the molecule is CCC(CC)C(O)CNCCCC(=O)OC. The van der Waals surface area contributed by atoms with Crippen LogP contribution in [0.4, 0.5) is 0 Å². The third-order valence-corrected chi connectivity index (χ3v) is 2.91. The highest BCUT2D eigenvalue weighted by atomic mass is 16.5. The molecule has 0 aliphatic heterocycles. The Labute approximate surface area is 98.4 Å². The van der Waals surface area contributed by atoms with Crippen molar-refractivity contribution in [2.45, 2.75) is 45.6 Å². The predicted molar refractivity (Wildman–Crippen MR) is 64.2 cm³/mol. The molecule has 1 atom stereocenters. The second-order valence-electron chi connectivity index (χ2n) is 4.03. The maximum atomic E-state index is 10.8. The molecule has 0 aliphatic rings. The number of aliphatic hydroxyl groups is 1. The summed E-state index contributed by atoms with van der Waals surface area (Å²) >= 11 is 0. The Morgan fingerprint density at radius 3 is 2.50 bits per heavy atom. The fourth-order valence-corrected chi connectivity index (χ4v) is 1.71. The maximum Gasteiger partial charge on any atom is 0.305 e. The van der Waals surface area contributed by atoms with Gasteiger partial charge in [-0.1, -0.05) is 26.7 Å². The minimum absolute atomic E-state index is 0.178. The van der Waals surface area contributed by atoms with E-state index >= 15 is 0 Å². The molecule has 96 valence electrons. The van der Waals surface area contributed by atoms with E-state index in [2.05, 4.69) is 23.9 Å². The van der Waals surface area contributed by atoms with Gasteiger partial charge in [-0.2, -0.15) is 0 Å². The van der Waals surface area contributed by atoms with Crippen molar-refractivity contribution >= 4 is 5.97 Å². The van der Waals surface area contributed by atoms with Crippen molar-refractivity contribution in [2.24, 2.45) is 5.92 Å². The summed E-state index contributed by atoms with van der Waals surface area (Å²) in [5, 5.41) is 13.0. The Bertz CT molecular complexity index is 181. The van der Waals surface area contributed by atoms with Gasteiger partial charge in [0.25, 0.3) is 0 Å². The zero-order valence-corrected chi connectivity index (χ0v) is 10.7. The van der Waals surface area contributed by atoms with E-state index in [1.54, 1.807) is 0 Å². The quantitative estimate of drug-likeness (QED) is 0.464. The highest BCUT2D eigenvalue weighted by molar-refractivity contribution is 5.68. The molecule has 1 unspecified atom stereocenters. The van der Waals surface area contributed by atoms with Crippen LogP contribution < -0.4 is 5.32 Å². The van der Waals surface area contributed by atoms with Gasteiger partial charge in [-0.3, -0.25) is 4.79 Å². The number of hydrogen-bond acceptors (Lipinski definition) is 4. The second kappa shape index (κ2) is 9.60. The molecule has 0 bridgehead atoms. The van der Waals surface area contributed by atoms with Gasteiger partial charge >= 0.3 is 5.97 Å². The average molecular weight is 231 g/mol. The minimum atomic E-state index is -0.284. The molecule has 4 heteroatoms. The first-order valence-electron chi connectivity index (χ1n) is 6.11. The summed E-state index contributed by atoms with van der Waals surface area (Å²) in [6, 6.07) is 0. The summed E-state index contributed by atoms with van der Waals surface area (Å²) in [5.74, 6) is 0.190. The molecule has 0 fully saturated rings.